The van der Waals surface area contributed by atoms with E-state index in [0.29, 0.717) is 6.61 Å². The van der Waals surface area contributed by atoms with Gasteiger partial charge in [0.15, 0.2) is 0 Å². The first-order chi connectivity index (χ1) is 8.65. The highest BCUT2D eigenvalue weighted by atomic mass is 16.5. The summed E-state index contributed by atoms with van der Waals surface area (Å²) in [5, 5.41) is 0. The van der Waals surface area contributed by atoms with Crippen molar-refractivity contribution >= 4 is 17.8 Å². The molecule has 0 radical (unpaired) electrons. The molecular formula is C13H17NO4. The van der Waals surface area contributed by atoms with Crippen LogP contribution in [-0.2, 0) is 19.1 Å². The van der Waals surface area contributed by atoms with Crippen molar-refractivity contribution in [3.63, 3.8) is 0 Å². The molecule has 2 rings (SSSR count). The van der Waals surface area contributed by atoms with Gasteiger partial charge in [-0.2, -0.15) is 0 Å². The first-order valence-electron chi connectivity index (χ1n) is 6.33. The molecule has 1 aliphatic carbocycles. The average molecular weight is 251 g/mol. The molecule has 2 fully saturated rings. The van der Waals surface area contributed by atoms with Crippen molar-refractivity contribution < 1.29 is 19.1 Å². The Kier molecular flexibility index (Phi) is 3.79. The third-order valence-corrected chi connectivity index (χ3v) is 3.51. The Hall–Kier alpha value is -1.65. The zero-order valence-electron chi connectivity index (χ0n) is 10.4. The molecule has 18 heavy (non-hydrogen) atoms. The van der Waals surface area contributed by atoms with E-state index in [-0.39, 0.29) is 30.2 Å². The first kappa shape index (κ1) is 12.8. The van der Waals surface area contributed by atoms with E-state index in [1.807, 2.05) is 0 Å². The number of carbonyl (C=O) groups excluding carboxylic acids is 3. The molecule has 2 unspecified atom stereocenters. The molecule has 1 saturated heterocycles. The van der Waals surface area contributed by atoms with E-state index in [4.69, 9.17) is 4.74 Å². The number of nitrogens with zero attached hydrogens (tertiary/aromatic N) is 1. The third-order valence-electron chi connectivity index (χ3n) is 3.51. The largest absolute Gasteiger partial charge is 0.463 e. The number of fused-ring (bicyclic) bond motifs is 1. The molecule has 2 amide bonds. The number of amides is 2. The standard InChI is InChI=1S/C13H17NO4/c1-2-18-11(15)7-4-8-14-12(16)9-5-3-6-10(9)13(14)17/h4,7,9-10H,2-3,5-6,8H2,1H3/b7-4+. The highest BCUT2D eigenvalue weighted by Gasteiger charge is 2.49. The van der Waals surface area contributed by atoms with Crippen molar-refractivity contribution in [3.8, 4) is 0 Å². The molecule has 1 aliphatic heterocycles. The lowest BCUT2D eigenvalue weighted by molar-refractivity contribution is -0.140. The van der Waals surface area contributed by atoms with Gasteiger partial charge in [0.2, 0.25) is 11.8 Å². The zero-order chi connectivity index (χ0) is 13.1. The second-order valence-corrected chi connectivity index (χ2v) is 4.59. The summed E-state index contributed by atoms with van der Waals surface area (Å²) in [5.41, 5.74) is 0. The van der Waals surface area contributed by atoms with E-state index < -0.39 is 5.97 Å². The Morgan fingerprint density at radius 3 is 2.50 bits per heavy atom. The summed E-state index contributed by atoms with van der Waals surface area (Å²) >= 11 is 0. The maximum atomic E-state index is 12.0. The lowest BCUT2D eigenvalue weighted by Gasteiger charge is -2.12. The molecule has 0 aromatic carbocycles. The van der Waals surface area contributed by atoms with E-state index in [1.54, 1.807) is 6.92 Å². The maximum Gasteiger partial charge on any atom is 0.330 e. The molecule has 0 N–H and O–H groups in total. The van der Waals surface area contributed by atoms with E-state index in [2.05, 4.69) is 0 Å². The Morgan fingerprint density at radius 1 is 1.33 bits per heavy atom. The van der Waals surface area contributed by atoms with Crippen LogP contribution in [0.4, 0.5) is 0 Å². The minimum atomic E-state index is -0.447. The van der Waals surface area contributed by atoms with E-state index >= 15 is 0 Å². The van der Waals surface area contributed by atoms with Gasteiger partial charge in [-0.05, 0) is 19.8 Å². The molecule has 5 heteroatoms. The van der Waals surface area contributed by atoms with Crippen LogP contribution < -0.4 is 0 Å². The van der Waals surface area contributed by atoms with Gasteiger partial charge in [-0.15, -0.1) is 0 Å². The molecule has 1 heterocycles. The quantitative estimate of drug-likeness (QED) is 0.423. The van der Waals surface area contributed by atoms with Gasteiger partial charge >= 0.3 is 5.97 Å². The summed E-state index contributed by atoms with van der Waals surface area (Å²) in [6.07, 6.45) is 5.35. The number of carbonyl (C=O) groups is 3. The van der Waals surface area contributed by atoms with Crippen LogP contribution in [0.2, 0.25) is 0 Å². The minimum absolute atomic E-state index is 0.0870. The van der Waals surface area contributed by atoms with Crippen molar-refractivity contribution in [1.82, 2.24) is 4.90 Å². The number of esters is 1. The fourth-order valence-electron chi connectivity index (χ4n) is 2.68. The van der Waals surface area contributed by atoms with Crippen LogP contribution in [-0.4, -0.2) is 35.8 Å². The number of hydrogen-bond donors (Lipinski definition) is 0. The van der Waals surface area contributed by atoms with Crippen LogP contribution in [0, 0.1) is 11.8 Å². The van der Waals surface area contributed by atoms with Crippen LogP contribution in [0.15, 0.2) is 12.2 Å². The van der Waals surface area contributed by atoms with Gasteiger partial charge in [0.25, 0.3) is 0 Å². The van der Waals surface area contributed by atoms with Gasteiger partial charge in [-0.3, -0.25) is 14.5 Å². The lowest BCUT2D eigenvalue weighted by atomic mass is 10.00. The molecule has 2 aliphatic rings. The second kappa shape index (κ2) is 5.33. The SMILES string of the molecule is CCOC(=O)/C=C/CN1C(=O)C2CCCC2C1=O. The third kappa shape index (κ3) is 2.30. The molecule has 1 saturated carbocycles. The van der Waals surface area contributed by atoms with Crippen molar-refractivity contribution in [2.45, 2.75) is 26.2 Å². The Bertz CT molecular complexity index is 380. The Morgan fingerprint density at radius 2 is 1.94 bits per heavy atom. The van der Waals surface area contributed by atoms with Gasteiger partial charge in [-0.1, -0.05) is 12.5 Å². The van der Waals surface area contributed by atoms with Gasteiger partial charge in [0, 0.05) is 12.6 Å². The highest BCUT2D eigenvalue weighted by Crippen LogP contribution is 2.39. The van der Waals surface area contributed by atoms with Crippen molar-refractivity contribution in [2.24, 2.45) is 11.8 Å². The zero-order valence-corrected chi connectivity index (χ0v) is 10.4. The van der Waals surface area contributed by atoms with Crippen LogP contribution in [0.1, 0.15) is 26.2 Å². The fraction of sp³-hybridized carbons (Fsp3) is 0.615. The summed E-state index contributed by atoms with van der Waals surface area (Å²) in [6.45, 7) is 2.21. The predicted molar refractivity (Wildman–Crippen MR) is 63.3 cm³/mol. The maximum absolute atomic E-state index is 12.0. The second-order valence-electron chi connectivity index (χ2n) is 4.59. The van der Waals surface area contributed by atoms with Gasteiger partial charge in [-0.25, -0.2) is 4.79 Å². The number of hydrogen-bond acceptors (Lipinski definition) is 4. The summed E-state index contributed by atoms with van der Waals surface area (Å²) in [6, 6.07) is 0. The Labute approximate surface area is 106 Å². The molecular weight excluding hydrogens is 234 g/mol. The fourth-order valence-corrected chi connectivity index (χ4v) is 2.68. The highest BCUT2D eigenvalue weighted by molar-refractivity contribution is 6.05. The Balaban J connectivity index is 1.92. The molecule has 98 valence electrons. The molecule has 0 aromatic rings. The van der Waals surface area contributed by atoms with Crippen LogP contribution >= 0.6 is 0 Å². The molecule has 2 atom stereocenters. The van der Waals surface area contributed by atoms with Gasteiger partial charge < -0.3 is 4.74 Å². The van der Waals surface area contributed by atoms with Crippen LogP contribution in [0.3, 0.4) is 0 Å². The first-order valence-corrected chi connectivity index (χ1v) is 6.33. The lowest BCUT2D eigenvalue weighted by Crippen LogP contribution is -2.31. The van der Waals surface area contributed by atoms with Gasteiger partial charge in [0.1, 0.15) is 0 Å². The predicted octanol–water partition coefficient (Wildman–Crippen LogP) is 0.891. The molecule has 0 bridgehead atoms. The monoisotopic (exact) mass is 251 g/mol. The van der Waals surface area contributed by atoms with E-state index in [0.717, 1.165) is 19.3 Å². The smallest absolute Gasteiger partial charge is 0.330 e. The van der Waals surface area contributed by atoms with Crippen molar-refractivity contribution in [2.75, 3.05) is 13.2 Å². The average Bonchev–Trinajstić information content (AvgIpc) is 2.89. The van der Waals surface area contributed by atoms with E-state index in [9.17, 15) is 14.4 Å². The van der Waals surface area contributed by atoms with Gasteiger partial charge in [0.05, 0.1) is 18.4 Å². The minimum Gasteiger partial charge on any atom is -0.463 e. The summed E-state index contributed by atoms with van der Waals surface area (Å²) in [7, 11) is 0. The summed E-state index contributed by atoms with van der Waals surface area (Å²) in [5.74, 6) is -0.856. The molecule has 0 spiro atoms. The van der Waals surface area contributed by atoms with E-state index in [1.165, 1.54) is 17.1 Å². The van der Waals surface area contributed by atoms with Crippen molar-refractivity contribution in [3.05, 3.63) is 12.2 Å². The summed E-state index contributed by atoms with van der Waals surface area (Å²) in [4.78, 5) is 36.2. The van der Waals surface area contributed by atoms with Crippen molar-refractivity contribution in [1.29, 1.82) is 0 Å². The number of likely N-dealkylation sites (tertiary alicyclic amines) is 1. The number of ether oxygens (including phenoxy) is 1. The molecule has 5 nitrogen and oxygen atoms in total. The molecule has 0 aromatic heterocycles. The normalized spacial score (nSPS) is 27.1. The number of imide groups is 1. The van der Waals surface area contributed by atoms with Crippen LogP contribution in [0.5, 0.6) is 0 Å². The topological polar surface area (TPSA) is 63.7 Å². The van der Waals surface area contributed by atoms with Crippen LogP contribution in [0.25, 0.3) is 0 Å². The summed E-state index contributed by atoms with van der Waals surface area (Å²) < 4.78 is 4.72. The number of rotatable bonds is 4.